The van der Waals surface area contributed by atoms with Crippen LogP contribution in [0.5, 0.6) is 0 Å². The minimum atomic E-state index is -4.78. The van der Waals surface area contributed by atoms with Crippen molar-refractivity contribution >= 4 is 28.5 Å². The number of nitrogens with zero attached hydrogens (tertiary/aromatic N) is 1. The molecule has 0 saturated carbocycles. The zero-order valence-corrected chi connectivity index (χ0v) is 17.6. The molecule has 1 atom stereocenters. The number of carbonyl (C=O) groups excluding carboxylic acids is 1. The first-order valence-electron chi connectivity index (χ1n) is 8.72. The fourth-order valence-corrected chi connectivity index (χ4v) is 3.45. The molecule has 0 spiro atoms. The second kappa shape index (κ2) is 8.85. The van der Waals surface area contributed by atoms with Gasteiger partial charge >= 0.3 is 12.4 Å². The lowest BCUT2D eigenvalue weighted by Crippen LogP contribution is -2.31. The first kappa shape index (κ1) is 23.0. The van der Waals surface area contributed by atoms with Gasteiger partial charge in [-0.3, -0.25) is 9.78 Å². The molecule has 0 aliphatic carbocycles. The van der Waals surface area contributed by atoms with Crippen molar-refractivity contribution < 1.29 is 31.1 Å². The predicted octanol–water partition coefficient (Wildman–Crippen LogP) is 6.24. The number of pyridine rings is 1. The zero-order valence-electron chi connectivity index (χ0n) is 15.4. The van der Waals surface area contributed by atoms with Gasteiger partial charge in [-0.15, -0.1) is 0 Å². The van der Waals surface area contributed by atoms with E-state index < -0.39 is 41.1 Å². The van der Waals surface area contributed by atoms with Crippen LogP contribution in [0.2, 0.25) is 0 Å². The van der Waals surface area contributed by atoms with Crippen LogP contribution in [0.25, 0.3) is 0 Å². The molecule has 0 unspecified atom stereocenters. The maximum atomic E-state index is 13.6. The second-order valence-electron chi connectivity index (χ2n) is 6.47. The van der Waals surface area contributed by atoms with Crippen molar-refractivity contribution in [2.24, 2.45) is 0 Å². The second-order valence-corrected chi connectivity index (χ2v) is 7.72. The van der Waals surface area contributed by atoms with Gasteiger partial charge in [-0.1, -0.05) is 18.2 Å². The van der Waals surface area contributed by atoms with Gasteiger partial charge in [-0.05, 0) is 70.6 Å². The van der Waals surface area contributed by atoms with Gasteiger partial charge in [-0.2, -0.15) is 26.3 Å². The van der Waals surface area contributed by atoms with Gasteiger partial charge in [0.15, 0.2) is 0 Å². The van der Waals surface area contributed by atoms with Gasteiger partial charge in [0.25, 0.3) is 5.91 Å². The van der Waals surface area contributed by atoms with E-state index in [1.165, 1.54) is 12.1 Å². The van der Waals surface area contributed by atoms with Crippen molar-refractivity contribution in [3.05, 3.63) is 98.4 Å². The Balaban J connectivity index is 2.08. The van der Waals surface area contributed by atoms with Crippen LogP contribution >= 0.6 is 22.6 Å². The van der Waals surface area contributed by atoms with Crippen molar-refractivity contribution in [1.29, 1.82) is 0 Å². The first-order valence-corrected chi connectivity index (χ1v) is 9.80. The number of aromatic nitrogens is 1. The highest BCUT2D eigenvalue weighted by atomic mass is 127. The molecule has 0 aliphatic rings. The van der Waals surface area contributed by atoms with Crippen LogP contribution in [0, 0.1) is 3.57 Å². The van der Waals surface area contributed by atoms with Crippen LogP contribution in [-0.2, 0) is 12.4 Å². The standard InChI is InChI=1S/C21H13F6IN2O/c22-20(23,24)14-8-6-12(7-9-14)17(18-16(21(25,26)27)5-2-10-29-18)30-19(31)13-3-1-4-15(28)11-13/h1-11,17H,(H,30,31)/t17-/m0/s1. The molecule has 1 amide bonds. The van der Waals surface area contributed by atoms with Crippen molar-refractivity contribution in [1.82, 2.24) is 10.3 Å². The van der Waals surface area contributed by atoms with Gasteiger partial charge in [-0.25, -0.2) is 0 Å². The van der Waals surface area contributed by atoms with Crippen LogP contribution < -0.4 is 5.32 Å². The molecule has 0 saturated heterocycles. The highest BCUT2D eigenvalue weighted by Gasteiger charge is 2.37. The third-order valence-corrected chi connectivity index (χ3v) is 5.02. The molecule has 3 nitrogen and oxygen atoms in total. The number of hydrogen-bond donors (Lipinski definition) is 1. The lowest BCUT2D eigenvalue weighted by atomic mass is 9.97. The molecular formula is C21H13F6IN2O. The van der Waals surface area contributed by atoms with E-state index in [2.05, 4.69) is 10.3 Å². The maximum Gasteiger partial charge on any atom is 0.418 e. The molecule has 31 heavy (non-hydrogen) atoms. The predicted molar refractivity (Wildman–Crippen MR) is 109 cm³/mol. The Morgan fingerprint density at radius 1 is 0.903 bits per heavy atom. The summed E-state index contributed by atoms with van der Waals surface area (Å²) in [4.78, 5) is 16.5. The zero-order chi connectivity index (χ0) is 22.8. The maximum absolute atomic E-state index is 13.6. The largest absolute Gasteiger partial charge is 0.418 e. The number of halogens is 7. The van der Waals surface area contributed by atoms with Crippen molar-refractivity contribution in [3.8, 4) is 0 Å². The number of alkyl halides is 6. The Morgan fingerprint density at radius 2 is 1.58 bits per heavy atom. The Morgan fingerprint density at radius 3 is 2.16 bits per heavy atom. The topological polar surface area (TPSA) is 42.0 Å². The third kappa shape index (κ3) is 5.54. The molecule has 3 aromatic rings. The van der Waals surface area contributed by atoms with Crippen LogP contribution in [0.4, 0.5) is 26.3 Å². The van der Waals surface area contributed by atoms with Crippen LogP contribution in [0.15, 0.2) is 66.9 Å². The van der Waals surface area contributed by atoms with Crippen LogP contribution in [0.3, 0.4) is 0 Å². The average molecular weight is 550 g/mol. The van der Waals surface area contributed by atoms with E-state index in [1.54, 1.807) is 12.1 Å². The highest BCUT2D eigenvalue weighted by molar-refractivity contribution is 14.1. The Hall–Kier alpha value is -2.63. The molecule has 1 heterocycles. The van der Waals surface area contributed by atoms with E-state index in [0.717, 1.165) is 46.2 Å². The van der Waals surface area contributed by atoms with Gasteiger partial charge in [0, 0.05) is 15.3 Å². The summed E-state index contributed by atoms with van der Waals surface area (Å²) in [5.74, 6) is -0.692. The van der Waals surface area contributed by atoms with E-state index in [4.69, 9.17) is 0 Å². The molecule has 2 aromatic carbocycles. The average Bonchev–Trinajstić information content (AvgIpc) is 2.71. The number of carbonyl (C=O) groups is 1. The minimum Gasteiger partial charge on any atom is -0.340 e. The molecular weight excluding hydrogens is 537 g/mol. The summed E-state index contributed by atoms with van der Waals surface area (Å²) in [5, 5.41) is 2.48. The third-order valence-electron chi connectivity index (χ3n) is 4.35. The summed E-state index contributed by atoms with van der Waals surface area (Å²) in [6, 6.07) is 10.4. The van der Waals surface area contributed by atoms with Gasteiger partial charge < -0.3 is 5.32 Å². The summed E-state index contributed by atoms with van der Waals surface area (Å²) >= 11 is 1.97. The van der Waals surface area contributed by atoms with Crippen molar-refractivity contribution in [2.45, 2.75) is 18.4 Å². The summed E-state index contributed by atoms with van der Waals surface area (Å²) in [6.07, 6.45) is -8.26. The summed E-state index contributed by atoms with van der Waals surface area (Å²) in [7, 11) is 0. The molecule has 0 fully saturated rings. The Labute approximate surface area is 186 Å². The molecule has 10 heteroatoms. The number of benzene rings is 2. The monoisotopic (exact) mass is 550 g/mol. The number of amides is 1. The molecule has 0 radical (unpaired) electrons. The molecule has 162 valence electrons. The van der Waals surface area contributed by atoms with Gasteiger partial charge in [0.2, 0.25) is 0 Å². The number of rotatable bonds is 4. The van der Waals surface area contributed by atoms with Gasteiger partial charge in [0.05, 0.1) is 22.9 Å². The van der Waals surface area contributed by atoms with E-state index in [1.807, 2.05) is 22.6 Å². The minimum absolute atomic E-state index is 0.0242. The summed E-state index contributed by atoms with van der Waals surface area (Å²) in [6.45, 7) is 0. The quantitative estimate of drug-likeness (QED) is 0.309. The number of hydrogen-bond acceptors (Lipinski definition) is 2. The van der Waals surface area contributed by atoms with E-state index in [9.17, 15) is 31.1 Å². The van der Waals surface area contributed by atoms with E-state index in [0.29, 0.717) is 0 Å². The molecule has 0 aliphatic heterocycles. The summed E-state index contributed by atoms with van der Waals surface area (Å²) < 4.78 is 80.1. The number of nitrogens with one attached hydrogen (secondary N) is 1. The molecule has 1 aromatic heterocycles. The van der Waals surface area contributed by atoms with Crippen LogP contribution in [0.1, 0.15) is 38.8 Å². The van der Waals surface area contributed by atoms with E-state index >= 15 is 0 Å². The lowest BCUT2D eigenvalue weighted by Gasteiger charge is -2.23. The highest BCUT2D eigenvalue weighted by Crippen LogP contribution is 2.36. The fourth-order valence-electron chi connectivity index (χ4n) is 2.91. The Bertz CT molecular complexity index is 1080. The Kier molecular flexibility index (Phi) is 6.58. The first-order chi connectivity index (χ1) is 14.5. The molecule has 3 rings (SSSR count). The SMILES string of the molecule is O=C(N[C@@H](c1ccc(C(F)(F)F)cc1)c1ncccc1C(F)(F)F)c1cccc(I)c1. The van der Waals surface area contributed by atoms with Crippen molar-refractivity contribution in [3.63, 3.8) is 0 Å². The van der Waals surface area contributed by atoms with Crippen molar-refractivity contribution in [2.75, 3.05) is 0 Å². The molecule has 0 bridgehead atoms. The normalized spacial score (nSPS) is 13.0. The lowest BCUT2D eigenvalue weighted by molar-refractivity contribution is -0.139. The smallest absolute Gasteiger partial charge is 0.340 e. The van der Waals surface area contributed by atoms with Gasteiger partial charge in [0.1, 0.15) is 0 Å². The molecule has 1 N–H and O–H groups in total. The summed E-state index contributed by atoms with van der Waals surface area (Å²) in [5.41, 5.74) is -2.36. The van der Waals surface area contributed by atoms with Crippen LogP contribution in [-0.4, -0.2) is 10.9 Å². The van der Waals surface area contributed by atoms with E-state index in [-0.39, 0.29) is 11.1 Å². The fraction of sp³-hybridized carbons (Fsp3) is 0.143.